The van der Waals surface area contributed by atoms with Gasteiger partial charge < -0.3 is 9.64 Å². The number of carbonyl (C=O) groups excluding carboxylic acids is 1. The Hall–Kier alpha value is -2.54. The van der Waals surface area contributed by atoms with Gasteiger partial charge in [-0.3, -0.25) is 9.69 Å². The van der Waals surface area contributed by atoms with Crippen molar-refractivity contribution in [3.8, 4) is 5.75 Å². The lowest BCUT2D eigenvalue weighted by Crippen LogP contribution is -2.48. The fourth-order valence-electron chi connectivity index (χ4n) is 3.11. The molecule has 0 radical (unpaired) electrons. The zero-order valence-electron chi connectivity index (χ0n) is 15.0. The molecule has 4 nitrogen and oxygen atoms in total. The second-order valence-corrected chi connectivity index (χ2v) is 6.49. The van der Waals surface area contributed by atoms with Crippen LogP contribution in [0.4, 0.5) is 13.2 Å². The van der Waals surface area contributed by atoms with Gasteiger partial charge in [-0.05, 0) is 35.9 Å². The summed E-state index contributed by atoms with van der Waals surface area (Å²) >= 11 is 0. The van der Waals surface area contributed by atoms with Crippen molar-refractivity contribution in [2.75, 3.05) is 33.3 Å². The van der Waals surface area contributed by atoms with E-state index in [1.165, 1.54) is 12.1 Å². The van der Waals surface area contributed by atoms with Crippen LogP contribution in [-0.2, 0) is 12.7 Å². The maximum absolute atomic E-state index is 12.6. The van der Waals surface area contributed by atoms with Gasteiger partial charge in [0.25, 0.3) is 5.91 Å². The van der Waals surface area contributed by atoms with Crippen LogP contribution in [0.2, 0.25) is 0 Å². The number of halogens is 3. The number of hydrogen-bond acceptors (Lipinski definition) is 3. The Labute approximate surface area is 156 Å². The van der Waals surface area contributed by atoms with Crippen LogP contribution in [0.15, 0.2) is 48.5 Å². The summed E-state index contributed by atoms with van der Waals surface area (Å²) in [6, 6.07) is 12.3. The molecule has 0 aliphatic carbocycles. The van der Waals surface area contributed by atoms with Gasteiger partial charge in [0.2, 0.25) is 0 Å². The minimum Gasteiger partial charge on any atom is -0.497 e. The molecular weight excluding hydrogens is 357 g/mol. The third kappa shape index (κ3) is 4.80. The van der Waals surface area contributed by atoms with E-state index >= 15 is 0 Å². The molecule has 1 aliphatic heterocycles. The number of hydrogen-bond donors (Lipinski definition) is 0. The van der Waals surface area contributed by atoms with Crippen LogP contribution in [0.25, 0.3) is 0 Å². The summed E-state index contributed by atoms with van der Waals surface area (Å²) in [5.41, 5.74) is 0.779. The molecule has 27 heavy (non-hydrogen) atoms. The average molecular weight is 378 g/mol. The minimum absolute atomic E-state index is 0.0388. The first-order valence-corrected chi connectivity index (χ1v) is 8.68. The van der Waals surface area contributed by atoms with Gasteiger partial charge in [-0.15, -0.1) is 0 Å². The highest BCUT2D eigenvalue weighted by Crippen LogP contribution is 2.29. The molecule has 1 heterocycles. The van der Waals surface area contributed by atoms with Crippen molar-refractivity contribution in [1.82, 2.24) is 9.80 Å². The van der Waals surface area contributed by atoms with Gasteiger partial charge in [0, 0.05) is 38.3 Å². The lowest BCUT2D eigenvalue weighted by molar-refractivity contribution is -0.137. The Kier molecular flexibility index (Phi) is 5.70. The van der Waals surface area contributed by atoms with Gasteiger partial charge in [0.05, 0.1) is 12.7 Å². The van der Waals surface area contributed by atoms with Crippen LogP contribution in [0.5, 0.6) is 5.75 Å². The summed E-state index contributed by atoms with van der Waals surface area (Å²) < 4.78 is 43.0. The molecule has 2 aromatic carbocycles. The molecule has 1 aliphatic rings. The summed E-state index contributed by atoms with van der Waals surface area (Å²) in [6.45, 7) is 3.08. The third-order valence-electron chi connectivity index (χ3n) is 4.66. The van der Waals surface area contributed by atoms with Crippen LogP contribution in [-0.4, -0.2) is 49.0 Å². The molecule has 0 spiro atoms. The monoisotopic (exact) mass is 378 g/mol. The van der Waals surface area contributed by atoms with Crippen LogP contribution in [0, 0.1) is 0 Å². The second-order valence-electron chi connectivity index (χ2n) is 6.49. The summed E-state index contributed by atoms with van der Waals surface area (Å²) in [7, 11) is 1.56. The van der Waals surface area contributed by atoms with E-state index in [0.717, 1.165) is 17.7 Å². The van der Waals surface area contributed by atoms with E-state index in [-0.39, 0.29) is 5.91 Å². The van der Waals surface area contributed by atoms with E-state index in [4.69, 9.17) is 4.74 Å². The number of alkyl halides is 3. The zero-order chi connectivity index (χ0) is 19.4. The zero-order valence-corrected chi connectivity index (χ0v) is 15.0. The molecule has 1 amide bonds. The van der Waals surface area contributed by atoms with Gasteiger partial charge >= 0.3 is 6.18 Å². The Morgan fingerprint density at radius 2 is 1.70 bits per heavy atom. The number of amides is 1. The van der Waals surface area contributed by atoms with E-state index < -0.39 is 11.7 Å². The van der Waals surface area contributed by atoms with E-state index in [2.05, 4.69) is 4.90 Å². The van der Waals surface area contributed by atoms with Gasteiger partial charge in [-0.25, -0.2) is 0 Å². The van der Waals surface area contributed by atoms with Gasteiger partial charge in [-0.2, -0.15) is 13.2 Å². The molecule has 7 heteroatoms. The van der Waals surface area contributed by atoms with Crippen LogP contribution >= 0.6 is 0 Å². The van der Waals surface area contributed by atoms with Crippen molar-refractivity contribution in [1.29, 1.82) is 0 Å². The number of piperazine rings is 1. The predicted molar refractivity (Wildman–Crippen MR) is 95.6 cm³/mol. The third-order valence-corrected chi connectivity index (χ3v) is 4.66. The van der Waals surface area contributed by atoms with E-state index in [1.54, 1.807) is 36.3 Å². The molecule has 2 aromatic rings. The number of carbonyl (C=O) groups is 1. The predicted octanol–water partition coefficient (Wildman–Crippen LogP) is 3.67. The lowest BCUT2D eigenvalue weighted by Gasteiger charge is -2.34. The Balaban J connectivity index is 1.55. The smallest absolute Gasteiger partial charge is 0.416 e. The second kappa shape index (κ2) is 8.00. The SMILES string of the molecule is COc1cccc(C(=O)N2CCN(Cc3ccc(C(F)(F)F)cc3)CC2)c1. The standard InChI is InChI=1S/C20H21F3N2O2/c1-27-18-4-2-3-16(13-18)19(26)25-11-9-24(10-12-25)14-15-5-7-17(8-6-15)20(21,22)23/h2-8,13H,9-12,14H2,1H3. The topological polar surface area (TPSA) is 32.8 Å². The summed E-state index contributed by atoms with van der Waals surface area (Å²) in [5.74, 6) is 0.602. The minimum atomic E-state index is -4.31. The first-order chi connectivity index (χ1) is 12.9. The number of ether oxygens (including phenoxy) is 1. The molecule has 3 rings (SSSR count). The van der Waals surface area contributed by atoms with Crippen molar-refractivity contribution >= 4 is 5.91 Å². The number of methoxy groups -OCH3 is 1. The van der Waals surface area contributed by atoms with Crippen LogP contribution < -0.4 is 4.74 Å². The molecule has 0 aromatic heterocycles. The van der Waals surface area contributed by atoms with Crippen molar-refractivity contribution in [3.05, 3.63) is 65.2 Å². The fraction of sp³-hybridized carbons (Fsp3) is 0.350. The molecule has 144 valence electrons. The summed E-state index contributed by atoms with van der Waals surface area (Å²) in [6.07, 6.45) is -4.31. The van der Waals surface area contributed by atoms with E-state index in [9.17, 15) is 18.0 Å². The van der Waals surface area contributed by atoms with Crippen molar-refractivity contribution < 1.29 is 22.7 Å². The van der Waals surface area contributed by atoms with Gasteiger partial charge in [-0.1, -0.05) is 18.2 Å². The summed E-state index contributed by atoms with van der Waals surface area (Å²) in [5, 5.41) is 0. The Bertz CT molecular complexity index is 783. The summed E-state index contributed by atoms with van der Waals surface area (Å²) in [4.78, 5) is 16.5. The van der Waals surface area contributed by atoms with E-state index in [0.29, 0.717) is 44.0 Å². The number of rotatable bonds is 4. The highest BCUT2D eigenvalue weighted by atomic mass is 19.4. The normalized spacial score (nSPS) is 15.6. The Morgan fingerprint density at radius 1 is 1.04 bits per heavy atom. The van der Waals surface area contributed by atoms with E-state index in [1.807, 2.05) is 0 Å². The molecule has 1 saturated heterocycles. The first-order valence-electron chi connectivity index (χ1n) is 8.68. The fourth-order valence-corrected chi connectivity index (χ4v) is 3.11. The lowest BCUT2D eigenvalue weighted by atomic mass is 10.1. The molecule has 1 fully saturated rings. The highest BCUT2D eigenvalue weighted by molar-refractivity contribution is 5.94. The first kappa shape index (κ1) is 19.2. The molecular formula is C20H21F3N2O2. The maximum Gasteiger partial charge on any atom is 0.416 e. The number of nitrogens with zero attached hydrogens (tertiary/aromatic N) is 2. The Morgan fingerprint density at radius 3 is 2.30 bits per heavy atom. The van der Waals surface area contributed by atoms with Crippen LogP contribution in [0.1, 0.15) is 21.5 Å². The highest BCUT2D eigenvalue weighted by Gasteiger charge is 2.30. The van der Waals surface area contributed by atoms with Crippen molar-refractivity contribution in [2.45, 2.75) is 12.7 Å². The van der Waals surface area contributed by atoms with Gasteiger partial charge in [0.15, 0.2) is 0 Å². The molecule has 0 unspecified atom stereocenters. The average Bonchev–Trinajstić information content (AvgIpc) is 2.68. The largest absolute Gasteiger partial charge is 0.497 e. The van der Waals surface area contributed by atoms with Crippen LogP contribution in [0.3, 0.4) is 0 Å². The quantitative estimate of drug-likeness (QED) is 0.814. The van der Waals surface area contributed by atoms with Crippen molar-refractivity contribution in [2.24, 2.45) is 0 Å². The molecule has 0 N–H and O–H groups in total. The molecule has 0 atom stereocenters. The van der Waals surface area contributed by atoms with Crippen molar-refractivity contribution in [3.63, 3.8) is 0 Å². The molecule has 0 saturated carbocycles. The molecule has 0 bridgehead atoms. The maximum atomic E-state index is 12.6. The number of benzene rings is 2. The van der Waals surface area contributed by atoms with Gasteiger partial charge in [0.1, 0.15) is 5.75 Å².